The van der Waals surface area contributed by atoms with Crippen LogP contribution in [-0.4, -0.2) is 7.11 Å². The van der Waals surface area contributed by atoms with Gasteiger partial charge >= 0.3 is 0 Å². The zero-order valence-electron chi connectivity index (χ0n) is 9.03. The first-order chi connectivity index (χ1) is 7.29. The number of aryl methyl sites for hydroxylation is 1. The number of allylic oxidation sites excluding steroid dienone is 5. The van der Waals surface area contributed by atoms with Gasteiger partial charge in [0.05, 0.1) is 7.11 Å². The van der Waals surface area contributed by atoms with Crippen LogP contribution in [-0.2, 0) is 0 Å². The fourth-order valence-electron chi connectivity index (χ4n) is 1.57. The molecular weight excluding hydrogens is 184 g/mol. The molecule has 0 atom stereocenters. The van der Waals surface area contributed by atoms with Gasteiger partial charge in [0.25, 0.3) is 0 Å². The van der Waals surface area contributed by atoms with Crippen molar-refractivity contribution in [3.05, 3.63) is 59.2 Å². The van der Waals surface area contributed by atoms with Crippen molar-refractivity contribution in [1.82, 2.24) is 0 Å². The Morgan fingerprint density at radius 1 is 1.13 bits per heavy atom. The molecule has 0 unspecified atom stereocenters. The SMILES string of the molecule is COc1ccc(C)c(C=C2C=CC=C2)c1. The Balaban J connectivity index is 2.38. The Morgan fingerprint density at radius 2 is 1.87 bits per heavy atom. The molecule has 1 aromatic rings. The summed E-state index contributed by atoms with van der Waals surface area (Å²) >= 11 is 0. The van der Waals surface area contributed by atoms with E-state index < -0.39 is 0 Å². The van der Waals surface area contributed by atoms with E-state index in [0.717, 1.165) is 5.75 Å². The van der Waals surface area contributed by atoms with Crippen LogP contribution in [0.3, 0.4) is 0 Å². The van der Waals surface area contributed by atoms with Crippen LogP contribution in [0.5, 0.6) is 5.75 Å². The van der Waals surface area contributed by atoms with Crippen molar-refractivity contribution in [2.24, 2.45) is 0 Å². The minimum Gasteiger partial charge on any atom is -0.497 e. The summed E-state index contributed by atoms with van der Waals surface area (Å²) in [5.41, 5.74) is 3.70. The molecule has 1 nitrogen and oxygen atoms in total. The average Bonchev–Trinajstić information content (AvgIpc) is 2.74. The molecule has 0 amide bonds. The molecule has 0 fully saturated rings. The second-order valence-corrected chi connectivity index (χ2v) is 3.59. The number of rotatable bonds is 2. The highest BCUT2D eigenvalue weighted by Crippen LogP contribution is 2.21. The maximum atomic E-state index is 5.21. The van der Waals surface area contributed by atoms with Gasteiger partial charge in [-0.25, -0.2) is 0 Å². The zero-order valence-corrected chi connectivity index (χ0v) is 9.03. The molecule has 1 aromatic carbocycles. The molecule has 2 rings (SSSR count). The Morgan fingerprint density at radius 3 is 2.53 bits per heavy atom. The van der Waals surface area contributed by atoms with Crippen LogP contribution in [0.2, 0.25) is 0 Å². The number of hydrogen-bond donors (Lipinski definition) is 0. The Bertz CT molecular complexity index is 436. The van der Waals surface area contributed by atoms with Crippen molar-refractivity contribution in [1.29, 1.82) is 0 Å². The summed E-state index contributed by atoms with van der Waals surface area (Å²) in [6, 6.07) is 6.12. The van der Waals surface area contributed by atoms with Gasteiger partial charge in [-0.3, -0.25) is 0 Å². The molecule has 1 aliphatic rings. The summed E-state index contributed by atoms with van der Waals surface area (Å²) in [5, 5.41) is 0. The second-order valence-electron chi connectivity index (χ2n) is 3.59. The van der Waals surface area contributed by atoms with Crippen LogP contribution in [0.25, 0.3) is 6.08 Å². The van der Waals surface area contributed by atoms with E-state index in [-0.39, 0.29) is 0 Å². The Hall–Kier alpha value is -1.76. The molecule has 0 heterocycles. The first kappa shape index (κ1) is 9.78. The van der Waals surface area contributed by atoms with Crippen molar-refractivity contribution in [2.75, 3.05) is 7.11 Å². The smallest absolute Gasteiger partial charge is 0.119 e. The average molecular weight is 198 g/mol. The van der Waals surface area contributed by atoms with Crippen molar-refractivity contribution < 1.29 is 4.74 Å². The minimum absolute atomic E-state index is 0.901. The molecule has 0 spiro atoms. The number of benzene rings is 1. The molecule has 1 heteroatoms. The maximum absolute atomic E-state index is 5.21. The highest BCUT2D eigenvalue weighted by atomic mass is 16.5. The van der Waals surface area contributed by atoms with Crippen LogP contribution in [0.1, 0.15) is 11.1 Å². The lowest BCUT2D eigenvalue weighted by Gasteiger charge is -2.04. The number of methoxy groups -OCH3 is 1. The third-order valence-corrected chi connectivity index (χ3v) is 2.50. The molecule has 0 saturated carbocycles. The summed E-state index contributed by atoms with van der Waals surface area (Å²) < 4.78 is 5.21. The van der Waals surface area contributed by atoms with Gasteiger partial charge in [-0.2, -0.15) is 0 Å². The van der Waals surface area contributed by atoms with E-state index in [1.807, 2.05) is 18.2 Å². The highest BCUT2D eigenvalue weighted by Gasteiger charge is 1.99. The van der Waals surface area contributed by atoms with E-state index in [2.05, 4.69) is 37.3 Å². The van der Waals surface area contributed by atoms with Crippen molar-refractivity contribution in [3.63, 3.8) is 0 Å². The largest absolute Gasteiger partial charge is 0.497 e. The maximum Gasteiger partial charge on any atom is 0.119 e. The van der Waals surface area contributed by atoms with Gasteiger partial charge in [-0.05, 0) is 41.8 Å². The van der Waals surface area contributed by atoms with E-state index in [9.17, 15) is 0 Å². The molecule has 0 aromatic heterocycles. The predicted molar refractivity (Wildman–Crippen MR) is 64.0 cm³/mol. The molecule has 15 heavy (non-hydrogen) atoms. The van der Waals surface area contributed by atoms with Crippen molar-refractivity contribution in [2.45, 2.75) is 6.92 Å². The fraction of sp³-hybridized carbons (Fsp3) is 0.143. The summed E-state index contributed by atoms with van der Waals surface area (Å²) in [5.74, 6) is 0.901. The van der Waals surface area contributed by atoms with Gasteiger partial charge in [0.15, 0.2) is 0 Å². The zero-order chi connectivity index (χ0) is 10.7. The van der Waals surface area contributed by atoms with Gasteiger partial charge in [0.1, 0.15) is 5.75 Å². The van der Waals surface area contributed by atoms with Gasteiger partial charge in [-0.15, -0.1) is 0 Å². The summed E-state index contributed by atoms with van der Waals surface area (Å²) in [6.07, 6.45) is 10.4. The molecule has 1 aliphatic carbocycles. The van der Waals surface area contributed by atoms with E-state index in [4.69, 9.17) is 4.74 Å². The van der Waals surface area contributed by atoms with Gasteiger partial charge in [0.2, 0.25) is 0 Å². The number of hydrogen-bond acceptors (Lipinski definition) is 1. The molecule has 0 N–H and O–H groups in total. The van der Waals surface area contributed by atoms with E-state index in [1.54, 1.807) is 7.11 Å². The van der Waals surface area contributed by atoms with Gasteiger partial charge in [0, 0.05) is 0 Å². The van der Waals surface area contributed by atoms with Crippen molar-refractivity contribution >= 4 is 6.08 Å². The summed E-state index contributed by atoms with van der Waals surface area (Å²) in [4.78, 5) is 0. The lowest BCUT2D eigenvalue weighted by atomic mass is 10.1. The minimum atomic E-state index is 0.901. The lowest BCUT2D eigenvalue weighted by molar-refractivity contribution is 0.414. The van der Waals surface area contributed by atoms with E-state index >= 15 is 0 Å². The van der Waals surface area contributed by atoms with Crippen LogP contribution in [0, 0.1) is 6.92 Å². The third kappa shape index (κ3) is 2.18. The normalized spacial score (nSPS) is 13.3. The summed E-state index contributed by atoms with van der Waals surface area (Å²) in [7, 11) is 1.69. The predicted octanol–water partition coefficient (Wildman–Crippen LogP) is 3.51. The monoisotopic (exact) mass is 198 g/mol. The van der Waals surface area contributed by atoms with Gasteiger partial charge < -0.3 is 4.74 Å². The van der Waals surface area contributed by atoms with Crippen LogP contribution in [0.15, 0.2) is 48.1 Å². The lowest BCUT2D eigenvalue weighted by Crippen LogP contribution is -1.86. The third-order valence-electron chi connectivity index (χ3n) is 2.50. The molecule has 0 aliphatic heterocycles. The molecule has 0 radical (unpaired) electrons. The number of ether oxygens (including phenoxy) is 1. The standard InChI is InChI=1S/C14H14O/c1-11-7-8-14(15-2)10-13(11)9-12-5-3-4-6-12/h3-10H,1-2H3. The fourth-order valence-corrected chi connectivity index (χ4v) is 1.57. The molecular formula is C14H14O. The first-order valence-corrected chi connectivity index (χ1v) is 5.01. The van der Waals surface area contributed by atoms with Crippen LogP contribution >= 0.6 is 0 Å². The topological polar surface area (TPSA) is 9.23 Å². The molecule has 0 bridgehead atoms. The van der Waals surface area contributed by atoms with Crippen LogP contribution in [0.4, 0.5) is 0 Å². The van der Waals surface area contributed by atoms with Gasteiger partial charge in [-0.1, -0.05) is 30.4 Å². The quantitative estimate of drug-likeness (QED) is 0.706. The Kier molecular flexibility index (Phi) is 2.72. The first-order valence-electron chi connectivity index (χ1n) is 5.01. The van der Waals surface area contributed by atoms with Crippen molar-refractivity contribution in [3.8, 4) is 5.75 Å². The summed E-state index contributed by atoms with van der Waals surface area (Å²) in [6.45, 7) is 2.11. The van der Waals surface area contributed by atoms with E-state index in [1.165, 1.54) is 16.7 Å². The molecule has 0 saturated heterocycles. The second kappa shape index (κ2) is 4.18. The van der Waals surface area contributed by atoms with Crippen LogP contribution < -0.4 is 4.74 Å². The van der Waals surface area contributed by atoms with E-state index in [0.29, 0.717) is 0 Å². The Labute approximate surface area is 90.4 Å². The molecule has 76 valence electrons. The highest BCUT2D eigenvalue weighted by molar-refractivity contribution is 5.65.